The van der Waals surface area contributed by atoms with Gasteiger partial charge in [-0.3, -0.25) is 9.59 Å². The van der Waals surface area contributed by atoms with Crippen molar-refractivity contribution in [1.29, 1.82) is 0 Å². The number of hydrogen-bond donors (Lipinski definition) is 2. The minimum absolute atomic E-state index is 0.0639. The molecule has 19 heavy (non-hydrogen) atoms. The third-order valence-electron chi connectivity index (χ3n) is 4.41. The largest absolute Gasteiger partial charge is 0.368 e. The molecule has 1 heterocycles. The van der Waals surface area contributed by atoms with Crippen molar-refractivity contribution in [2.75, 3.05) is 13.1 Å². The van der Waals surface area contributed by atoms with Crippen LogP contribution in [0.15, 0.2) is 0 Å². The Morgan fingerprint density at radius 1 is 1.21 bits per heavy atom. The van der Waals surface area contributed by atoms with E-state index in [-0.39, 0.29) is 24.5 Å². The molecule has 1 saturated carbocycles. The lowest BCUT2D eigenvalue weighted by Gasteiger charge is -2.36. The van der Waals surface area contributed by atoms with E-state index in [2.05, 4.69) is 12.2 Å². The van der Waals surface area contributed by atoms with Crippen LogP contribution in [0.25, 0.3) is 0 Å². The predicted molar refractivity (Wildman–Crippen MR) is 73.4 cm³/mol. The topological polar surface area (TPSA) is 75.4 Å². The monoisotopic (exact) mass is 267 g/mol. The van der Waals surface area contributed by atoms with E-state index in [4.69, 9.17) is 5.73 Å². The highest BCUT2D eigenvalue weighted by Gasteiger charge is 2.35. The summed E-state index contributed by atoms with van der Waals surface area (Å²) >= 11 is 0. The minimum Gasteiger partial charge on any atom is -0.368 e. The first kappa shape index (κ1) is 14.3. The highest BCUT2D eigenvalue weighted by molar-refractivity contribution is 5.87. The van der Waals surface area contributed by atoms with Gasteiger partial charge in [-0.05, 0) is 38.1 Å². The summed E-state index contributed by atoms with van der Waals surface area (Å²) in [6.45, 7) is 3.05. The molecule has 2 rings (SSSR count). The van der Waals surface area contributed by atoms with Gasteiger partial charge in [0.25, 0.3) is 0 Å². The molecule has 1 aliphatic heterocycles. The average molecular weight is 267 g/mol. The number of nitrogens with one attached hydrogen (secondary N) is 1. The van der Waals surface area contributed by atoms with Crippen LogP contribution in [0.1, 0.15) is 45.4 Å². The van der Waals surface area contributed by atoms with Crippen LogP contribution in [0.3, 0.4) is 0 Å². The van der Waals surface area contributed by atoms with Crippen LogP contribution in [-0.2, 0) is 9.59 Å². The second-order valence-corrected chi connectivity index (χ2v) is 5.92. The lowest BCUT2D eigenvalue weighted by molar-refractivity contribution is -0.141. The normalized spacial score (nSPS) is 28.3. The van der Waals surface area contributed by atoms with Gasteiger partial charge in [-0.15, -0.1) is 0 Å². The maximum Gasteiger partial charge on any atom is 0.240 e. The van der Waals surface area contributed by atoms with Crippen LogP contribution in [0.4, 0.5) is 0 Å². The summed E-state index contributed by atoms with van der Waals surface area (Å²) < 4.78 is 0. The fraction of sp³-hybridized carbons (Fsp3) is 0.857. The van der Waals surface area contributed by atoms with Crippen LogP contribution < -0.4 is 11.1 Å². The molecule has 0 aromatic heterocycles. The molecular weight excluding hydrogens is 242 g/mol. The van der Waals surface area contributed by atoms with Crippen molar-refractivity contribution in [3.05, 3.63) is 0 Å². The molecule has 0 aromatic rings. The van der Waals surface area contributed by atoms with E-state index in [0.29, 0.717) is 5.92 Å². The van der Waals surface area contributed by atoms with Crippen molar-refractivity contribution in [3.8, 4) is 0 Å². The maximum absolute atomic E-state index is 12.7. The predicted octanol–water partition coefficient (Wildman–Crippen LogP) is 0.631. The van der Waals surface area contributed by atoms with Gasteiger partial charge in [-0.2, -0.15) is 0 Å². The summed E-state index contributed by atoms with van der Waals surface area (Å²) in [4.78, 5) is 25.7. The van der Waals surface area contributed by atoms with Gasteiger partial charge < -0.3 is 16.0 Å². The van der Waals surface area contributed by atoms with Gasteiger partial charge in [-0.25, -0.2) is 0 Å². The van der Waals surface area contributed by atoms with Crippen LogP contribution >= 0.6 is 0 Å². The van der Waals surface area contributed by atoms with Gasteiger partial charge in [-0.1, -0.05) is 19.8 Å². The molecular formula is C14H25N3O2. The maximum atomic E-state index is 12.7. The Kier molecular flexibility index (Phi) is 4.80. The molecule has 2 aliphatic rings. The first-order valence-electron chi connectivity index (χ1n) is 7.41. The van der Waals surface area contributed by atoms with Crippen molar-refractivity contribution < 1.29 is 9.59 Å². The SMILES string of the molecule is CC1CCCNC1C(=O)N(CC(N)=O)C1CCCC1. The highest BCUT2D eigenvalue weighted by atomic mass is 16.2. The second-order valence-electron chi connectivity index (χ2n) is 5.92. The molecule has 2 fully saturated rings. The zero-order chi connectivity index (χ0) is 13.8. The van der Waals surface area contributed by atoms with Crippen molar-refractivity contribution in [2.24, 2.45) is 11.7 Å². The van der Waals surface area contributed by atoms with E-state index < -0.39 is 5.91 Å². The third kappa shape index (κ3) is 3.47. The van der Waals surface area contributed by atoms with Crippen molar-refractivity contribution in [3.63, 3.8) is 0 Å². The Bertz CT molecular complexity index is 340. The van der Waals surface area contributed by atoms with Crippen LogP contribution in [0.2, 0.25) is 0 Å². The van der Waals surface area contributed by atoms with Crippen molar-refractivity contribution in [1.82, 2.24) is 10.2 Å². The molecule has 0 spiro atoms. The van der Waals surface area contributed by atoms with Crippen LogP contribution in [0.5, 0.6) is 0 Å². The Morgan fingerprint density at radius 2 is 1.89 bits per heavy atom. The van der Waals surface area contributed by atoms with Gasteiger partial charge in [0.05, 0.1) is 12.6 Å². The molecule has 5 nitrogen and oxygen atoms in total. The molecule has 1 aliphatic carbocycles. The summed E-state index contributed by atoms with van der Waals surface area (Å²) in [7, 11) is 0. The lowest BCUT2D eigenvalue weighted by Crippen LogP contribution is -2.56. The van der Waals surface area contributed by atoms with Gasteiger partial charge >= 0.3 is 0 Å². The first-order chi connectivity index (χ1) is 9.09. The zero-order valence-electron chi connectivity index (χ0n) is 11.7. The fourth-order valence-electron chi connectivity index (χ4n) is 3.33. The Balaban J connectivity index is 2.07. The van der Waals surface area contributed by atoms with E-state index in [1.807, 2.05) is 0 Å². The number of primary amides is 1. The van der Waals surface area contributed by atoms with Gasteiger partial charge in [0.2, 0.25) is 11.8 Å². The fourth-order valence-corrected chi connectivity index (χ4v) is 3.33. The summed E-state index contributed by atoms with van der Waals surface area (Å²) in [5.41, 5.74) is 5.31. The molecule has 1 saturated heterocycles. The molecule has 0 aromatic carbocycles. The summed E-state index contributed by atoms with van der Waals surface area (Å²) in [5.74, 6) is -0.0142. The van der Waals surface area contributed by atoms with Gasteiger partial charge in [0.15, 0.2) is 0 Å². The average Bonchev–Trinajstić information content (AvgIpc) is 2.89. The third-order valence-corrected chi connectivity index (χ3v) is 4.41. The highest BCUT2D eigenvalue weighted by Crippen LogP contribution is 2.26. The smallest absolute Gasteiger partial charge is 0.240 e. The molecule has 108 valence electrons. The number of carbonyl (C=O) groups excluding carboxylic acids is 2. The van der Waals surface area contributed by atoms with Crippen LogP contribution in [-0.4, -0.2) is 41.9 Å². The molecule has 3 N–H and O–H groups in total. The van der Waals surface area contributed by atoms with Crippen molar-refractivity contribution in [2.45, 2.75) is 57.5 Å². The number of nitrogens with two attached hydrogens (primary N) is 1. The number of carbonyl (C=O) groups is 2. The molecule has 0 bridgehead atoms. The number of piperidine rings is 1. The van der Waals surface area contributed by atoms with E-state index in [1.54, 1.807) is 4.90 Å². The molecule has 0 radical (unpaired) electrons. The van der Waals surface area contributed by atoms with Gasteiger partial charge in [0, 0.05) is 6.04 Å². The van der Waals surface area contributed by atoms with E-state index in [9.17, 15) is 9.59 Å². The Morgan fingerprint density at radius 3 is 2.47 bits per heavy atom. The second kappa shape index (κ2) is 6.37. The van der Waals surface area contributed by atoms with Crippen LogP contribution in [0, 0.1) is 5.92 Å². The minimum atomic E-state index is -0.413. The lowest BCUT2D eigenvalue weighted by atomic mass is 9.91. The standard InChI is InChI=1S/C14H25N3O2/c1-10-5-4-8-16-13(10)14(19)17(9-12(15)18)11-6-2-3-7-11/h10-11,13,16H,2-9H2,1H3,(H2,15,18). The van der Waals surface area contributed by atoms with E-state index in [1.165, 1.54) is 0 Å². The molecule has 2 atom stereocenters. The van der Waals surface area contributed by atoms with Gasteiger partial charge in [0.1, 0.15) is 0 Å². The Labute approximate surface area is 114 Å². The summed E-state index contributed by atoms with van der Waals surface area (Å²) in [5, 5.41) is 3.30. The van der Waals surface area contributed by atoms with E-state index >= 15 is 0 Å². The molecule has 5 heteroatoms. The summed E-state index contributed by atoms with van der Waals surface area (Å²) in [6, 6.07) is 0.0598. The number of amides is 2. The number of nitrogens with zero attached hydrogens (tertiary/aromatic N) is 1. The summed E-state index contributed by atoms with van der Waals surface area (Å²) in [6.07, 6.45) is 6.46. The number of rotatable bonds is 4. The first-order valence-corrected chi connectivity index (χ1v) is 7.41. The Hall–Kier alpha value is -1.10. The molecule has 2 amide bonds. The number of hydrogen-bond acceptors (Lipinski definition) is 3. The molecule has 2 unspecified atom stereocenters. The van der Waals surface area contributed by atoms with Crippen molar-refractivity contribution >= 4 is 11.8 Å². The van der Waals surface area contributed by atoms with E-state index in [0.717, 1.165) is 45.1 Å². The zero-order valence-corrected chi connectivity index (χ0v) is 11.7. The quantitative estimate of drug-likeness (QED) is 0.784.